The maximum Gasteiger partial charge on any atom is 0.163 e. The highest BCUT2D eigenvalue weighted by Crippen LogP contribution is 2.38. The average Bonchev–Trinajstić information content (AvgIpc) is 2.26. The van der Waals surface area contributed by atoms with E-state index in [1.165, 1.54) is 0 Å². The van der Waals surface area contributed by atoms with E-state index in [1.54, 1.807) is 0 Å². The molecule has 6 heteroatoms. The second kappa shape index (κ2) is 5.08. The topological polar surface area (TPSA) is 36.9 Å². The number of alkyl halides is 2. The van der Waals surface area contributed by atoms with Crippen molar-refractivity contribution in [2.75, 3.05) is 11.8 Å². The summed E-state index contributed by atoms with van der Waals surface area (Å²) >= 11 is 12.0. The maximum atomic E-state index is 5.98. The van der Waals surface area contributed by atoms with E-state index in [9.17, 15) is 0 Å². The van der Waals surface area contributed by atoms with E-state index < -0.39 is 11.6 Å². The van der Waals surface area contributed by atoms with Crippen LogP contribution < -0.4 is 0 Å². The van der Waals surface area contributed by atoms with Gasteiger partial charge in [-0.2, -0.15) is 0 Å². The van der Waals surface area contributed by atoms with Crippen LogP contribution in [-0.2, 0) is 18.9 Å². The second-order valence-corrected chi connectivity index (χ2v) is 6.20. The predicted molar refractivity (Wildman–Crippen MR) is 69.1 cm³/mol. The molecular formula is C12H20Cl2O4. The lowest BCUT2D eigenvalue weighted by atomic mass is 9.99. The number of hydrogen-bond acceptors (Lipinski definition) is 4. The molecule has 0 unspecified atom stereocenters. The Kier molecular flexibility index (Phi) is 4.18. The Morgan fingerprint density at radius 3 is 1.33 bits per heavy atom. The highest BCUT2D eigenvalue weighted by atomic mass is 35.5. The predicted octanol–water partition coefficient (Wildman–Crippen LogP) is 2.50. The largest absolute Gasteiger partial charge is 0.343 e. The third kappa shape index (κ3) is 2.94. The normalized spacial score (nSPS) is 42.3. The smallest absolute Gasteiger partial charge is 0.163 e. The van der Waals surface area contributed by atoms with Gasteiger partial charge in [0.05, 0.1) is 11.8 Å². The van der Waals surface area contributed by atoms with Crippen molar-refractivity contribution in [2.45, 2.75) is 63.7 Å². The minimum absolute atomic E-state index is 0.227. The van der Waals surface area contributed by atoms with Crippen LogP contribution in [-0.4, -0.2) is 47.8 Å². The van der Waals surface area contributed by atoms with Gasteiger partial charge in [-0.15, -0.1) is 23.2 Å². The van der Waals surface area contributed by atoms with Crippen molar-refractivity contribution < 1.29 is 18.9 Å². The van der Waals surface area contributed by atoms with Gasteiger partial charge in [0.1, 0.15) is 24.4 Å². The average molecular weight is 299 g/mol. The lowest BCUT2D eigenvalue weighted by Gasteiger charge is -2.53. The molecule has 0 spiro atoms. The van der Waals surface area contributed by atoms with Gasteiger partial charge in [-0.1, -0.05) is 0 Å². The first kappa shape index (κ1) is 14.8. The zero-order valence-electron chi connectivity index (χ0n) is 11.1. The maximum absolute atomic E-state index is 5.98. The molecular weight excluding hydrogens is 279 g/mol. The Hall–Kier alpha value is 0.420. The first-order chi connectivity index (χ1) is 8.28. The Bertz CT molecular complexity index is 278. The van der Waals surface area contributed by atoms with Crippen LogP contribution in [0.2, 0.25) is 0 Å². The van der Waals surface area contributed by atoms with Gasteiger partial charge >= 0.3 is 0 Å². The molecule has 2 fully saturated rings. The van der Waals surface area contributed by atoms with Gasteiger partial charge in [0, 0.05) is 0 Å². The summed E-state index contributed by atoms with van der Waals surface area (Å²) in [6.07, 6.45) is -0.977. The standard InChI is InChI=1S/C12H20Cl2O4/c1-11(2)15-7(5-13)10-9(17-11)8(6-14)16-12(3,4)18-10/h7-10H,5-6H2,1-4H3/t7-,8-,9-,10-/m1/s1. The van der Waals surface area contributed by atoms with Crippen molar-refractivity contribution in [3.63, 3.8) is 0 Å². The number of halogens is 2. The molecule has 0 bridgehead atoms. The van der Waals surface area contributed by atoms with E-state index in [1.807, 2.05) is 27.7 Å². The van der Waals surface area contributed by atoms with Crippen LogP contribution >= 0.6 is 23.2 Å². The molecule has 0 aromatic rings. The monoisotopic (exact) mass is 298 g/mol. The van der Waals surface area contributed by atoms with Gasteiger partial charge in [0.15, 0.2) is 11.6 Å². The third-order valence-corrected chi connectivity index (χ3v) is 3.68. The van der Waals surface area contributed by atoms with Crippen molar-refractivity contribution in [1.29, 1.82) is 0 Å². The number of hydrogen-bond donors (Lipinski definition) is 0. The van der Waals surface area contributed by atoms with E-state index in [0.717, 1.165) is 0 Å². The summed E-state index contributed by atoms with van der Waals surface area (Å²) in [4.78, 5) is 0. The molecule has 2 aliphatic heterocycles. The quantitative estimate of drug-likeness (QED) is 0.734. The second-order valence-electron chi connectivity index (χ2n) is 5.59. The van der Waals surface area contributed by atoms with Crippen LogP contribution in [0.25, 0.3) is 0 Å². The molecule has 4 atom stereocenters. The lowest BCUT2D eigenvalue weighted by Crippen LogP contribution is -2.66. The van der Waals surface area contributed by atoms with Crippen molar-refractivity contribution >= 4 is 23.2 Å². The van der Waals surface area contributed by atoms with Crippen LogP contribution in [0.4, 0.5) is 0 Å². The molecule has 0 aromatic carbocycles. The first-order valence-electron chi connectivity index (χ1n) is 6.11. The highest BCUT2D eigenvalue weighted by molar-refractivity contribution is 6.18. The molecule has 4 nitrogen and oxygen atoms in total. The summed E-state index contributed by atoms with van der Waals surface area (Å²) in [6.45, 7) is 7.42. The van der Waals surface area contributed by atoms with Gasteiger partial charge in [-0.3, -0.25) is 0 Å². The first-order valence-corrected chi connectivity index (χ1v) is 7.18. The molecule has 2 aliphatic rings. The molecule has 0 aliphatic carbocycles. The summed E-state index contributed by atoms with van der Waals surface area (Å²) in [5.41, 5.74) is 0. The van der Waals surface area contributed by atoms with E-state index in [4.69, 9.17) is 42.1 Å². The number of ether oxygens (including phenoxy) is 4. The zero-order valence-corrected chi connectivity index (χ0v) is 12.6. The summed E-state index contributed by atoms with van der Waals surface area (Å²) in [5, 5.41) is 0. The van der Waals surface area contributed by atoms with Gasteiger partial charge in [0.25, 0.3) is 0 Å². The van der Waals surface area contributed by atoms with Gasteiger partial charge in [-0.05, 0) is 27.7 Å². The van der Waals surface area contributed by atoms with Crippen molar-refractivity contribution in [3.05, 3.63) is 0 Å². The molecule has 2 rings (SSSR count). The van der Waals surface area contributed by atoms with Crippen molar-refractivity contribution in [3.8, 4) is 0 Å². The van der Waals surface area contributed by atoms with E-state index in [2.05, 4.69) is 0 Å². The molecule has 2 saturated heterocycles. The van der Waals surface area contributed by atoms with Crippen LogP contribution in [0.3, 0.4) is 0 Å². The molecule has 0 amide bonds. The molecule has 2 heterocycles. The fourth-order valence-corrected chi connectivity index (χ4v) is 3.00. The Morgan fingerprint density at radius 1 is 0.722 bits per heavy atom. The molecule has 18 heavy (non-hydrogen) atoms. The fraction of sp³-hybridized carbons (Fsp3) is 1.00. The summed E-state index contributed by atoms with van der Waals surface area (Å²) in [5.74, 6) is -0.726. The minimum Gasteiger partial charge on any atom is -0.343 e. The molecule has 106 valence electrons. The van der Waals surface area contributed by atoms with Crippen LogP contribution in [0.5, 0.6) is 0 Å². The summed E-state index contributed by atoms with van der Waals surface area (Å²) < 4.78 is 23.4. The number of fused-ring (bicyclic) bond motifs is 1. The van der Waals surface area contributed by atoms with Crippen LogP contribution in [0.1, 0.15) is 27.7 Å². The van der Waals surface area contributed by atoms with Gasteiger partial charge in [0.2, 0.25) is 0 Å². The summed E-state index contributed by atoms with van der Waals surface area (Å²) in [6, 6.07) is 0. The van der Waals surface area contributed by atoms with E-state index in [-0.39, 0.29) is 24.4 Å². The minimum atomic E-state index is -0.709. The Labute approximate surface area is 118 Å². The molecule has 0 radical (unpaired) electrons. The van der Waals surface area contributed by atoms with E-state index >= 15 is 0 Å². The van der Waals surface area contributed by atoms with Crippen LogP contribution in [0.15, 0.2) is 0 Å². The van der Waals surface area contributed by atoms with Gasteiger partial charge < -0.3 is 18.9 Å². The van der Waals surface area contributed by atoms with Gasteiger partial charge in [-0.25, -0.2) is 0 Å². The Morgan fingerprint density at radius 2 is 1.06 bits per heavy atom. The number of rotatable bonds is 2. The fourth-order valence-electron chi connectivity index (χ4n) is 2.52. The Balaban J connectivity index is 2.24. The zero-order chi connectivity index (χ0) is 13.6. The third-order valence-electron chi connectivity index (χ3n) is 3.07. The highest BCUT2D eigenvalue weighted by Gasteiger charge is 2.53. The van der Waals surface area contributed by atoms with Crippen molar-refractivity contribution in [1.82, 2.24) is 0 Å². The SMILES string of the molecule is CC1(C)O[C@H]2[C@H](OC(C)(C)O[C@@H]2CCl)[C@@H](CCl)O1. The van der Waals surface area contributed by atoms with E-state index in [0.29, 0.717) is 11.8 Å². The van der Waals surface area contributed by atoms with Crippen molar-refractivity contribution in [2.24, 2.45) is 0 Å². The lowest BCUT2D eigenvalue weighted by molar-refractivity contribution is -0.417. The molecule has 0 aromatic heterocycles. The molecule has 0 N–H and O–H groups in total. The molecule has 0 saturated carbocycles. The van der Waals surface area contributed by atoms with Crippen LogP contribution in [0, 0.1) is 0 Å². The summed E-state index contributed by atoms with van der Waals surface area (Å²) in [7, 11) is 0.